The quantitative estimate of drug-likeness (QED) is 0.502. The summed E-state index contributed by atoms with van der Waals surface area (Å²) in [5, 5.41) is 0. The Morgan fingerprint density at radius 2 is 2.13 bits per heavy atom. The first-order chi connectivity index (χ1) is 7.00. The fourth-order valence-electron chi connectivity index (χ4n) is 2.00. The Balaban J connectivity index is 2.24. The van der Waals surface area contributed by atoms with Crippen LogP contribution in [0.15, 0.2) is 0 Å². The first-order valence-electron chi connectivity index (χ1n) is 5.66. The van der Waals surface area contributed by atoms with Gasteiger partial charge in [0.25, 0.3) is 0 Å². The van der Waals surface area contributed by atoms with Crippen LogP contribution in [0.4, 0.5) is 0 Å². The Bertz CT molecular complexity index is 290. The van der Waals surface area contributed by atoms with Gasteiger partial charge in [-0.1, -0.05) is 13.8 Å². The maximum Gasteiger partial charge on any atom is 0.150 e. The Hall–Kier alpha value is -0.130. The third kappa shape index (κ3) is 4.09. The second-order valence-electron chi connectivity index (χ2n) is 4.53. The number of hydrogen-bond donors (Lipinski definition) is 2. The van der Waals surface area contributed by atoms with Crippen molar-refractivity contribution >= 4 is 9.84 Å². The third-order valence-corrected chi connectivity index (χ3v) is 5.10. The molecule has 1 fully saturated rings. The molecule has 1 aliphatic rings. The highest BCUT2D eigenvalue weighted by Gasteiger charge is 2.38. The van der Waals surface area contributed by atoms with Crippen LogP contribution < -0.4 is 11.3 Å². The number of hydrazine groups is 1. The monoisotopic (exact) mass is 234 g/mol. The highest BCUT2D eigenvalue weighted by atomic mass is 32.2. The van der Waals surface area contributed by atoms with E-state index in [2.05, 4.69) is 12.3 Å². The molecule has 0 aliphatic heterocycles. The van der Waals surface area contributed by atoms with Crippen LogP contribution in [0.1, 0.15) is 33.1 Å². The second kappa shape index (κ2) is 5.27. The van der Waals surface area contributed by atoms with E-state index in [1.165, 1.54) is 6.42 Å². The Kier molecular flexibility index (Phi) is 4.55. The molecule has 5 heteroatoms. The van der Waals surface area contributed by atoms with E-state index in [1.807, 2.05) is 0 Å². The topological polar surface area (TPSA) is 72.2 Å². The number of hydrogen-bond acceptors (Lipinski definition) is 4. The highest BCUT2D eigenvalue weighted by molar-refractivity contribution is 7.91. The molecule has 3 unspecified atom stereocenters. The summed E-state index contributed by atoms with van der Waals surface area (Å²) in [6, 6.07) is 0.298. The van der Waals surface area contributed by atoms with Crippen molar-refractivity contribution in [3.63, 3.8) is 0 Å². The summed E-state index contributed by atoms with van der Waals surface area (Å²) in [6.07, 6.45) is 2.80. The van der Waals surface area contributed by atoms with Crippen LogP contribution in [0.25, 0.3) is 0 Å². The Morgan fingerprint density at radius 3 is 2.53 bits per heavy atom. The molecule has 0 aromatic carbocycles. The fraction of sp³-hybridized carbons (Fsp3) is 1.00. The zero-order valence-corrected chi connectivity index (χ0v) is 10.4. The number of nitrogens with two attached hydrogens (primary N) is 1. The largest absolute Gasteiger partial charge is 0.271 e. The van der Waals surface area contributed by atoms with Gasteiger partial charge in [-0.15, -0.1) is 0 Å². The van der Waals surface area contributed by atoms with Crippen molar-refractivity contribution < 1.29 is 8.42 Å². The second-order valence-corrected chi connectivity index (χ2v) is 7.00. The van der Waals surface area contributed by atoms with E-state index in [0.29, 0.717) is 24.1 Å². The van der Waals surface area contributed by atoms with Gasteiger partial charge in [0.15, 0.2) is 0 Å². The number of nitrogens with one attached hydrogen (secondary N) is 1. The number of sulfone groups is 1. The molecular formula is C10H22N2O2S. The summed E-state index contributed by atoms with van der Waals surface area (Å²) in [5.41, 5.74) is 2.80. The van der Waals surface area contributed by atoms with Crippen LogP contribution in [0.5, 0.6) is 0 Å². The van der Waals surface area contributed by atoms with Gasteiger partial charge >= 0.3 is 0 Å². The normalized spacial score (nSPS) is 27.7. The van der Waals surface area contributed by atoms with Crippen LogP contribution in [-0.4, -0.2) is 26.0 Å². The van der Waals surface area contributed by atoms with Gasteiger partial charge in [0, 0.05) is 11.8 Å². The van der Waals surface area contributed by atoms with Gasteiger partial charge in [0.1, 0.15) is 9.84 Å². The summed E-state index contributed by atoms with van der Waals surface area (Å²) in [5.74, 6) is 7.39. The van der Waals surface area contributed by atoms with Gasteiger partial charge in [-0.25, -0.2) is 8.42 Å². The van der Waals surface area contributed by atoms with Gasteiger partial charge in [0.2, 0.25) is 0 Å². The van der Waals surface area contributed by atoms with E-state index in [-0.39, 0.29) is 5.75 Å². The minimum Gasteiger partial charge on any atom is -0.271 e. The first-order valence-corrected chi connectivity index (χ1v) is 7.49. The summed E-state index contributed by atoms with van der Waals surface area (Å²) in [6.45, 7) is 3.90. The molecule has 0 radical (unpaired) electrons. The smallest absolute Gasteiger partial charge is 0.150 e. The van der Waals surface area contributed by atoms with Gasteiger partial charge in [0.05, 0.1) is 5.75 Å². The molecule has 15 heavy (non-hydrogen) atoms. The fourth-order valence-corrected chi connectivity index (χ4v) is 2.90. The molecule has 0 bridgehead atoms. The van der Waals surface area contributed by atoms with Crippen LogP contribution in [0, 0.1) is 11.8 Å². The first kappa shape index (κ1) is 12.9. The van der Waals surface area contributed by atoms with E-state index in [9.17, 15) is 8.42 Å². The zero-order chi connectivity index (χ0) is 11.5. The van der Waals surface area contributed by atoms with Crippen molar-refractivity contribution in [3.8, 4) is 0 Å². The maximum absolute atomic E-state index is 11.3. The zero-order valence-electron chi connectivity index (χ0n) is 9.57. The lowest BCUT2D eigenvalue weighted by molar-refractivity contribution is 0.425. The van der Waals surface area contributed by atoms with Gasteiger partial charge < -0.3 is 0 Å². The van der Waals surface area contributed by atoms with E-state index in [0.717, 1.165) is 12.3 Å². The molecule has 4 nitrogen and oxygen atoms in total. The summed E-state index contributed by atoms with van der Waals surface area (Å²) >= 11 is 0. The molecule has 90 valence electrons. The van der Waals surface area contributed by atoms with Gasteiger partial charge in [-0.3, -0.25) is 11.3 Å². The SMILES string of the molecule is CCS(=O)(=O)CCCC(NN)C1CC1C. The molecule has 3 atom stereocenters. The lowest BCUT2D eigenvalue weighted by Gasteiger charge is -2.15. The predicted molar refractivity (Wildman–Crippen MR) is 61.9 cm³/mol. The average Bonchev–Trinajstić information content (AvgIpc) is 2.90. The lowest BCUT2D eigenvalue weighted by atomic mass is 10.1. The van der Waals surface area contributed by atoms with Crippen LogP contribution in [0.3, 0.4) is 0 Å². The van der Waals surface area contributed by atoms with Crippen LogP contribution in [0.2, 0.25) is 0 Å². The molecule has 1 aliphatic carbocycles. The van der Waals surface area contributed by atoms with Crippen molar-refractivity contribution in [1.29, 1.82) is 0 Å². The summed E-state index contributed by atoms with van der Waals surface area (Å²) < 4.78 is 22.5. The molecule has 1 saturated carbocycles. The van der Waals surface area contributed by atoms with Gasteiger partial charge in [-0.2, -0.15) is 0 Å². The van der Waals surface area contributed by atoms with E-state index in [4.69, 9.17) is 5.84 Å². The highest BCUT2D eigenvalue weighted by Crippen LogP contribution is 2.41. The molecule has 0 aromatic rings. The molecule has 1 rings (SSSR count). The van der Waals surface area contributed by atoms with Crippen molar-refractivity contribution in [2.24, 2.45) is 17.7 Å². The molecule has 0 aromatic heterocycles. The summed E-state index contributed by atoms with van der Waals surface area (Å²) in [7, 11) is -2.81. The lowest BCUT2D eigenvalue weighted by Crippen LogP contribution is -2.37. The molecular weight excluding hydrogens is 212 g/mol. The van der Waals surface area contributed by atoms with Crippen molar-refractivity contribution in [1.82, 2.24) is 5.43 Å². The standard InChI is InChI=1S/C10H22N2O2S/c1-3-15(13,14)6-4-5-10(12-11)9-7-8(9)2/h8-10,12H,3-7,11H2,1-2H3. The molecule has 0 spiro atoms. The van der Waals surface area contributed by atoms with Crippen LogP contribution in [-0.2, 0) is 9.84 Å². The molecule has 3 N–H and O–H groups in total. The third-order valence-electron chi connectivity index (χ3n) is 3.31. The predicted octanol–water partition coefficient (Wildman–Crippen LogP) is 0.689. The van der Waals surface area contributed by atoms with Crippen LogP contribution >= 0.6 is 0 Å². The molecule has 0 amide bonds. The summed E-state index contributed by atoms with van der Waals surface area (Å²) in [4.78, 5) is 0. The Morgan fingerprint density at radius 1 is 1.53 bits per heavy atom. The van der Waals surface area contributed by atoms with Crippen molar-refractivity contribution in [3.05, 3.63) is 0 Å². The number of rotatable bonds is 7. The minimum atomic E-state index is -2.81. The minimum absolute atomic E-state index is 0.244. The Labute approximate surface area is 92.5 Å². The van der Waals surface area contributed by atoms with Crippen molar-refractivity contribution in [2.75, 3.05) is 11.5 Å². The van der Waals surface area contributed by atoms with Crippen molar-refractivity contribution in [2.45, 2.75) is 39.2 Å². The van der Waals surface area contributed by atoms with E-state index >= 15 is 0 Å². The van der Waals surface area contributed by atoms with E-state index in [1.54, 1.807) is 6.92 Å². The van der Waals surface area contributed by atoms with Gasteiger partial charge in [-0.05, 0) is 31.1 Å². The molecule has 0 heterocycles. The van der Waals surface area contributed by atoms with E-state index < -0.39 is 9.84 Å². The average molecular weight is 234 g/mol. The maximum atomic E-state index is 11.3. The molecule has 0 saturated heterocycles.